The summed E-state index contributed by atoms with van der Waals surface area (Å²) in [5, 5.41) is 0.493. The molecule has 2 aromatic heterocycles. The number of ketones is 1. The summed E-state index contributed by atoms with van der Waals surface area (Å²) < 4.78 is 5.88. The van der Waals surface area contributed by atoms with E-state index >= 15 is 0 Å². The lowest BCUT2D eigenvalue weighted by Crippen LogP contribution is -2.33. The van der Waals surface area contributed by atoms with Crippen molar-refractivity contribution in [3.05, 3.63) is 75.4 Å². The topological polar surface area (TPSA) is 56.3 Å². The number of hydrogen-bond donors (Lipinski definition) is 0. The predicted octanol–water partition coefficient (Wildman–Crippen LogP) is 4.85. The average Bonchev–Trinajstić information content (AvgIpc) is 3.22. The molecule has 6 heteroatoms. The number of nitrogens with zero attached hydrogens (tertiary/aromatic N) is 1. The number of thiophene rings is 1. The maximum atomic E-state index is 12.6. The van der Waals surface area contributed by atoms with E-state index < -0.39 is 5.60 Å². The van der Waals surface area contributed by atoms with Crippen molar-refractivity contribution in [3.8, 4) is 10.4 Å². The molecule has 2 aliphatic rings. The van der Waals surface area contributed by atoms with Crippen LogP contribution in [-0.4, -0.2) is 16.7 Å². The third-order valence-electron chi connectivity index (χ3n) is 4.99. The molecule has 1 aliphatic carbocycles. The maximum absolute atomic E-state index is 12.6. The summed E-state index contributed by atoms with van der Waals surface area (Å²) in [5.41, 5.74) is 2.14. The largest absolute Gasteiger partial charge is 0.446 e. The van der Waals surface area contributed by atoms with Gasteiger partial charge in [-0.15, -0.1) is 11.3 Å². The highest BCUT2D eigenvalue weighted by Crippen LogP contribution is 2.52. The summed E-state index contributed by atoms with van der Waals surface area (Å²) in [4.78, 5) is 30.7. The number of rotatable bonds is 1. The molecular formula is C20H12ClNO3S. The number of carbonyl (C=O) groups is 2. The van der Waals surface area contributed by atoms with E-state index in [-0.39, 0.29) is 11.8 Å². The molecule has 0 N–H and O–H groups in total. The molecule has 1 aromatic carbocycles. The summed E-state index contributed by atoms with van der Waals surface area (Å²) >= 11 is 7.50. The zero-order valence-electron chi connectivity index (χ0n) is 13.5. The van der Waals surface area contributed by atoms with Gasteiger partial charge in [0.2, 0.25) is 0 Å². The second kappa shape index (κ2) is 5.50. The predicted molar refractivity (Wildman–Crippen MR) is 98.8 cm³/mol. The Kier molecular flexibility index (Phi) is 3.33. The highest BCUT2D eigenvalue weighted by Gasteiger charge is 2.51. The van der Waals surface area contributed by atoms with Crippen LogP contribution in [0.3, 0.4) is 0 Å². The summed E-state index contributed by atoms with van der Waals surface area (Å²) in [7, 11) is 0. The van der Waals surface area contributed by atoms with Crippen LogP contribution in [0.25, 0.3) is 10.4 Å². The highest BCUT2D eigenvalue weighted by atomic mass is 35.5. The Morgan fingerprint density at radius 1 is 1.08 bits per heavy atom. The van der Waals surface area contributed by atoms with Gasteiger partial charge in [0.25, 0.3) is 0 Å². The number of aromatic nitrogens is 1. The molecule has 3 heterocycles. The Bertz CT molecular complexity index is 1080. The van der Waals surface area contributed by atoms with Crippen molar-refractivity contribution in [2.75, 3.05) is 0 Å². The van der Waals surface area contributed by atoms with Gasteiger partial charge in [0.15, 0.2) is 11.4 Å². The number of hydrogen-bond acceptors (Lipinski definition) is 5. The van der Waals surface area contributed by atoms with E-state index in [9.17, 15) is 9.59 Å². The molecule has 0 fully saturated rings. The Morgan fingerprint density at radius 2 is 1.88 bits per heavy atom. The van der Waals surface area contributed by atoms with E-state index in [1.54, 1.807) is 24.5 Å². The second-order valence-electron chi connectivity index (χ2n) is 6.42. The second-order valence-corrected chi connectivity index (χ2v) is 7.91. The first kappa shape index (κ1) is 15.7. The van der Waals surface area contributed by atoms with Crippen molar-refractivity contribution in [1.82, 2.24) is 4.98 Å². The molecule has 3 aromatic rings. The number of carbonyl (C=O) groups excluding carboxylic acids is 2. The first-order valence-corrected chi connectivity index (χ1v) is 9.39. The molecular weight excluding hydrogens is 370 g/mol. The van der Waals surface area contributed by atoms with E-state index in [0.717, 1.165) is 21.6 Å². The number of pyridine rings is 1. The third kappa shape index (κ3) is 2.11. The van der Waals surface area contributed by atoms with E-state index in [0.29, 0.717) is 28.3 Å². The fourth-order valence-corrected chi connectivity index (χ4v) is 5.16. The van der Waals surface area contributed by atoms with Crippen molar-refractivity contribution < 1.29 is 14.3 Å². The maximum Gasteiger partial charge on any atom is 0.339 e. The van der Waals surface area contributed by atoms with Crippen molar-refractivity contribution in [2.24, 2.45) is 0 Å². The fraction of sp³-hybridized carbons (Fsp3) is 0.150. The van der Waals surface area contributed by atoms with Crippen molar-refractivity contribution in [1.29, 1.82) is 0 Å². The van der Waals surface area contributed by atoms with Gasteiger partial charge in [0, 0.05) is 46.3 Å². The molecule has 1 aliphatic heterocycles. The summed E-state index contributed by atoms with van der Waals surface area (Å²) in [5.74, 6) is -0.297. The van der Waals surface area contributed by atoms with E-state index in [1.165, 1.54) is 11.3 Å². The number of ether oxygens (including phenoxy) is 1. The number of esters is 1. The fourth-order valence-electron chi connectivity index (χ4n) is 3.79. The van der Waals surface area contributed by atoms with Crippen molar-refractivity contribution in [2.45, 2.75) is 18.4 Å². The minimum absolute atomic E-state index is 0.0920. The minimum atomic E-state index is -0.901. The Morgan fingerprint density at radius 3 is 2.69 bits per heavy atom. The van der Waals surface area contributed by atoms with Crippen molar-refractivity contribution in [3.63, 3.8) is 0 Å². The highest BCUT2D eigenvalue weighted by molar-refractivity contribution is 7.17. The van der Waals surface area contributed by atoms with Crippen LogP contribution < -0.4 is 0 Å². The molecule has 5 rings (SSSR count). The first-order valence-electron chi connectivity index (χ1n) is 8.20. The molecule has 0 saturated heterocycles. The molecule has 1 unspecified atom stereocenters. The number of halogens is 1. The van der Waals surface area contributed by atoms with Crippen LogP contribution in [0.4, 0.5) is 0 Å². The molecule has 26 heavy (non-hydrogen) atoms. The molecule has 1 spiro atoms. The van der Waals surface area contributed by atoms with Gasteiger partial charge in [0.05, 0.1) is 10.4 Å². The van der Waals surface area contributed by atoms with Crippen LogP contribution in [-0.2, 0) is 10.3 Å². The monoisotopic (exact) mass is 381 g/mol. The normalized spacial score (nSPS) is 20.8. The number of benzene rings is 1. The van der Waals surface area contributed by atoms with Gasteiger partial charge in [-0.1, -0.05) is 17.7 Å². The van der Waals surface area contributed by atoms with E-state index in [4.69, 9.17) is 16.3 Å². The summed E-state index contributed by atoms with van der Waals surface area (Å²) in [6.45, 7) is 0. The SMILES string of the molecule is O=C1OC2(CCC(=O)c3sc(-c4ccncc4)cc32)c2ccc(Cl)cc21. The van der Waals surface area contributed by atoms with Gasteiger partial charge in [-0.05, 0) is 35.9 Å². The van der Waals surface area contributed by atoms with Crippen LogP contribution >= 0.6 is 22.9 Å². The van der Waals surface area contributed by atoms with Crippen LogP contribution in [0, 0.1) is 0 Å². The molecule has 0 amide bonds. The van der Waals surface area contributed by atoms with Gasteiger partial charge in [-0.3, -0.25) is 9.78 Å². The lowest BCUT2D eigenvalue weighted by atomic mass is 9.77. The molecule has 128 valence electrons. The van der Waals surface area contributed by atoms with Gasteiger partial charge in [-0.25, -0.2) is 4.79 Å². The quantitative estimate of drug-likeness (QED) is 0.565. The van der Waals surface area contributed by atoms with Gasteiger partial charge < -0.3 is 4.74 Å². The van der Waals surface area contributed by atoms with Crippen LogP contribution in [0.15, 0.2) is 48.8 Å². The zero-order chi connectivity index (χ0) is 17.9. The molecule has 1 atom stereocenters. The van der Waals surface area contributed by atoms with Gasteiger partial charge in [0.1, 0.15) is 0 Å². The lowest BCUT2D eigenvalue weighted by Gasteiger charge is -2.32. The molecule has 0 saturated carbocycles. The van der Waals surface area contributed by atoms with Crippen molar-refractivity contribution >= 4 is 34.7 Å². The molecule has 4 nitrogen and oxygen atoms in total. The first-order chi connectivity index (χ1) is 12.6. The van der Waals surface area contributed by atoms with E-state index in [1.807, 2.05) is 24.3 Å². The molecule has 0 bridgehead atoms. The number of fused-ring (bicyclic) bond motifs is 4. The summed E-state index contributed by atoms with van der Waals surface area (Å²) in [6.07, 6.45) is 4.24. The smallest absolute Gasteiger partial charge is 0.339 e. The molecule has 0 radical (unpaired) electrons. The van der Waals surface area contributed by atoms with Crippen LogP contribution in [0.2, 0.25) is 5.02 Å². The van der Waals surface area contributed by atoms with Gasteiger partial charge in [-0.2, -0.15) is 0 Å². The third-order valence-corrected chi connectivity index (χ3v) is 6.45. The van der Waals surface area contributed by atoms with Gasteiger partial charge >= 0.3 is 5.97 Å². The zero-order valence-corrected chi connectivity index (χ0v) is 15.1. The average molecular weight is 382 g/mol. The Hall–Kier alpha value is -2.50. The lowest BCUT2D eigenvalue weighted by molar-refractivity contribution is 0.00443. The number of Topliss-reactive ketones (excluding diaryl/α,β-unsaturated/α-hetero) is 1. The van der Waals surface area contributed by atoms with E-state index in [2.05, 4.69) is 4.98 Å². The summed E-state index contributed by atoms with van der Waals surface area (Å²) in [6, 6.07) is 11.0. The Balaban J connectivity index is 1.74. The Labute approximate surface area is 158 Å². The van der Waals surface area contributed by atoms with Crippen LogP contribution in [0.1, 0.15) is 44.0 Å². The minimum Gasteiger partial charge on any atom is -0.446 e. The van der Waals surface area contributed by atoms with Crippen LogP contribution in [0.5, 0.6) is 0 Å². The standard InChI is InChI=1S/C20H12ClNO3S/c21-12-1-2-14-13(9-12)19(24)25-20(14)6-3-16(23)18-15(20)10-17(26-18)11-4-7-22-8-5-11/h1-2,4-5,7-10H,3,6H2.